The molecule has 1 saturated carbocycles. The lowest BCUT2D eigenvalue weighted by atomic mass is 10.2. The minimum atomic E-state index is -0.607. The average molecular weight is 255 g/mol. The van der Waals surface area contributed by atoms with E-state index in [1.807, 2.05) is 0 Å². The first-order valence-electron chi connectivity index (χ1n) is 6.54. The maximum Gasteiger partial charge on any atom is 0.242 e. The van der Waals surface area contributed by atoms with Crippen LogP contribution >= 0.6 is 0 Å². The molecule has 1 atom stereocenters. The number of hydrogen-bond acceptors (Lipinski definition) is 4. The van der Waals surface area contributed by atoms with Crippen LogP contribution in [-0.2, 0) is 14.3 Å². The molecule has 1 aliphatic heterocycles. The molecule has 1 aliphatic carbocycles. The number of primary amides is 1. The molecular weight excluding hydrogens is 234 g/mol. The Hall–Kier alpha value is -1.14. The first-order valence-corrected chi connectivity index (χ1v) is 6.54. The molecular formula is C12H21N3O3. The molecule has 2 fully saturated rings. The Kier molecular flexibility index (Phi) is 4.19. The topological polar surface area (TPSA) is 75.9 Å². The number of hydrogen-bond donors (Lipinski definition) is 1. The standard InChI is InChI=1S/C12H21N3O3/c1-2-14(9-3-4-9)7-11(16)15-5-6-18-8-10(15)12(13)17/h9-10H,2-8H2,1H3,(H2,13,17). The number of likely N-dealkylation sites (N-methyl/N-ethyl adjacent to an activating group) is 1. The third-order valence-corrected chi connectivity index (χ3v) is 3.59. The molecule has 6 nitrogen and oxygen atoms in total. The van der Waals surface area contributed by atoms with Crippen molar-refractivity contribution in [3.8, 4) is 0 Å². The Bertz CT molecular complexity index is 331. The van der Waals surface area contributed by atoms with Gasteiger partial charge in [0, 0.05) is 12.6 Å². The number of nitrogens with zero attached hydrogens (tertiary/aromatic N) is 2. The smallest absolute Gasteiger partial charge is 0.242 e. The van der Waals surface area contributed by atoms with E-state index in [9.17, 15) is 9.59 Å². The second-order valence-electron chi connectivity index (χ2n) is 4.87. The van der Waals surface area contributed by atoms with E-state index >= 15 is 0 Å². The monoisotopic (exact) mass is 255 g/mol. The molecule has 0 radical (unpaired) electrons. The van der Waals surface area contributed by atoms with Crippen molar-refractivity contribution in [2.24, 2.45) is 5.73 Å². The van der Waals surface area contributed by atoms with Crippen LogP contribution in [0, 0.1) is 0 Å². The van der Waals surface area contributed by atoms with E-state index in [0.717, 1.165) is 6.54 Å². The van der Waals surface area contributed by atoms with Gasteiger partial charge in [-0.05, 0) is 19.4 Å². The molecule has 0 bridgehead atoms. The van der Waals surface area contributed by atoms with Crippen LogP contribution in [0.1, 0.15) is 19.8 Å². The molecule has 2 rings (SSSR count). The lowest BCUT2D eigenvalue weighted by Gasteiger charge is -2.35. The van der Waals surface area contributed by atoms with Gasteiger partial charge >= 0.3 is 0 Å². The van der Waals surface area contributed by atoms with Gasteiger partial charge in [0.1, 0.15) is 6.04 Å². The molecule has 102 valence electrons. The van der Waals surface area contributed by atoms with Crippen molar-refractivity contribution < 1.29 is 14.3 Å². The van der Waals surface area contributed by atoms with Gasteiger partial charge in [-0.25, -0.2) is 0 Å². The van der Waals surface area contributed by atoms with Crippen molar-refractivity contribution in [1.29, 1.82) is 0 Å². The van der Waals surface area contributed by atoms with E-state index in [0.29, 0.717) is 25.7 Å². The molecule has 18 heavy (non-hydrogen) atoms. The van der Waals surface area contributed by atoms with Gasteiger partial charge in [0.05, 0.1) is 19.8 Å². The zero-order chi connectivity index (χ0) is 13.1. The summed E-state index contributed by atoms with van der Waals surface area (Å²) < 4.78 is 5.21. The van der Waals surface area contributed by atoms with Gasteiger partial charge in [0.2, 0.25) is 11.8 Å². The zero-order valence-corrected chi connectivity index (χ0v) is 10.8. The third kappa shape index (κ3) is 3.00. The number of ether oxygens (including phenoxy) is 1. The predicted octanol–water partition coefficient (Wildman–Crippen LogP) is -0.817. The highest BCUT2D eigenvalue weighted by molar-refractivity contribution is 5.87. The van der Waals surface area contributed by atoms with Crippen molar-refractivity contribution in [1.82, 2.24) is 9.80 Å². The van der Waals surface area contributed by atoms with Gasteiger partial charge in [0.25, 0.3) is 0 Å². The normalized spacial score (nSPS) is 24.3. The van der Waals surface area contributed by atoms with Crippen molar-refractivity contribution in [3.63, 3.8) is 0 Å². The summed E-state index contributed by atoms with van der Waals surface area (Å²) in [5.41, 5.74) is 5.30. The third-order valence-electron chi connectivity index (χ3n) is 3.59. The molecule has 1 unspecified atom stereocenters. The Morgan fingerprint density at radius 1 is 1.44 bits per heavy atom. The molecule has 2 N–H and O–H groups in total. The largest absolute Gasteiger partial charge is 0.377 e. The van der Waals surface area contributed by atoms with Crippen molar-refractivity contribution in [2.45, 2.75) is 31.8 Å². The van der Waals surface area contributed by atoms with Gasteiger partial charge in [0.15, 0.2) is 0 Å². The lowest BCUT2D eigenvalue weighted by Crippen LogP contribution is -2.56. The molecule has 0 aromatic carbocycles. The number of nitrogens with two attached hydrogens (primary N) is 1. The molecule has 0 aromatic heterocycles. The second-order valence-corrected chi connectivity index (χ2v) is 4.87. The van der Waals surface area contributed by atoms with Crippen LogP contribution in [0.5, 0.6) is 0 Å². The number of amides is 2. The van der Waals surface area contributed by atoms with Gasteiger partial charge < -0.3 is 15.4 Å². The highest BCUT2D eigenvalue weighted by Gasteiger charge is 2.34. The molecule has 2 amide bonds. The fourth-order valence-corrected chi connectivity index (χ4v) is 2.34. The van der Waals surface area contributed by atoms with E-state index < -0.39 is 11.9 Å². The minimum Gasteiger partial charge on any atom is -0.377 e. The van der Waals surface area contributed by atoms with E-state index in [1.165, 1.54) is 12.8 Å². The zero-order valence-electron chi connectivity index (χ0n) is 10.8. The number of rotatable bonds is 5. The van der Waals surface area contributed by atoms with Crippen LogP contribution in [0.3, 0.4) is 0 Å². The summed E-state index contributed by atoms with van der Waals surface area (Å²) in [6, 6.07) is -0.0591. The number of morpholine rings is 1. The van der Waals surface area contributed by atoms with Crippen LogP contribution in [0.4, 0.5) is 0 Å². The summed E-state index contributed by atoms with van der Waals surface area (Å²) in [5.74, 6) is -0.506. The number of carbonyl (C=O) groups excluding carboxylic acids is 2. The molecule has 1 heterocycles. The van der Waals surface area contributed by atoms with Gasteiger partial charge in [-0.2, -0.15) is 0 Å². The SMILES string of the molecule is CCN(CC(=O)N1CCOCC1C(N)=O)C1CC1. The predicted molar refractivity (Wildman–Crippen MR) is 65.8 cm³/mol. The summed E-state index contributed by atoms with van der Waals surface area (Å²) in [4.78, 5) is 27.3. The lowest BCUT2D eigenvalue weighted by molar-refractivity contribution is -0.148. The average Bonchev–Trinajstić information content (AvgIpc) is 3.19. The van der Waals surface area contributed by atoms with E-state index in [1.54, 1.807) is 4.90 Å². The van der Waals surface area contributed by atoms with Crippen LogP contribution < -0.4 is 5.73 Å². The maximum absolute atomic E-state index is 12.2. The molecule has 0 aromatic rings. The minimum absolute atomic E-state index is 0.0177. The summed E-state index contributed by atoms with van der Waals surface area (Å²) >= 11 is 0. The van der Waals surface area contributed by atoms with E-state index in [-0.39, 0.29) is 12.5 Å². The summed E-state index contributed by atoms with van der Waals surface area (Å²) in [6.07, 6.45) is 2.34. The van der Waals surface area contributed by atoms with E-state index in [2.05, 4.69) is 11.8 Å². The van der Waals surface area contributed by atoms with Crippen molar-refractivity contribution >= 4 is 11.8 Å². The van der Waals surface area contributed by atoms with Crippen LogP contribution in [0.15, 0.2) is 0 Å². The highest BCUT2D eigenvalue weighted by atomic mass is 16.5. The quantitative estimate of drug-likeness (QED) is 0.696. The van der Waals surface area contributed by atoms with Crippen LogP contribution in [0.2, 0.25) is 0 Å². The second kappa shape index (κ2) is 5.67. The Balaban J connectivity index is 1.94. The molecule has 6 heteroatoms. The highest BCUT2D eigenvalue weighted by Crippen LogP contribution is 2.26. The molecule has 0 spiro atoms. The number of carbonyl (C=O) groups is 2. The van der Waals surface area contributed by atoms with Crippen LogP contribution in [-0.4, -0.2) is 66.5 Å². The molecule has 2 aliphatic rings. The summed E-state index contributed by atoms with van der Waals surface area (Å²) in [5, 5.41) is 0. The summed E-state index contributed by atoms with van der Waals surface area (Å²) in [7, 11) is 0. The van der Waals surface area contributed by atoms with Gasteiger partial charge in [-0.3, -0.25) is 14.5 Å². The van der Waals surface area contributed by atoms with Gasteiger partial charge in [-0.15, -0.1) is 0 Å². The maximum atomic E-state index is 12.2. The Morgan fingerprint density at radius 2 is 2.17 bits per heavy atom. The van der Waals surface area contributed by atoms with Crippen molar-refractivity contribution in [2.75, 3.05) is 32.8 Å². The summed E-state index contributed by atoms with van der Waals surface area (Å²) in [6.45, 7) is 4.44. The van der Waals surface area contributed by atoms with E-state index in [4.69, 9.17) is 10.5 Å². The Morgan fingerprint density at radius 3 is 2.72 bits per heavy atom. The fourth-order valence-electron chi connectivity index (χ4n) is 2.34. The molecule has 1 saturated heterocycles. The van der Waals surface area contributed by atoms with Crippen LogP contribution in [0.25, 0.3) is 0 Å². The first-order chi connectivity index (χ1) is 8.63. The van der Waals surface area contributed by atoms with Gasteiger partial charge in [-0.1, -0.05) is 6.92 Å². The first kappa shape index (κ1) is 13.3. The Labute approximate surface area is 107 Å². The van der Waals surface area contributed by atoms with Crippen molar-refractivity contribution in [3.05, 3.63) is 0 Å². The fraction of sp³-hybridized carbons (Fsp3) is 0.833.